The lowest BCUT2D eigenvalue weighted by molar-refractivity contribution is 0.0781. The minimum Gasteiger partial charge on any atom is -0.493 e. The minimum atomic E-state index is -0.0791. The summed E-state index contributed by atoms with van der Waals surface area (Å²) in [6.07, 6.45) is 1.79. The Morgan fingerprint density at radius 1 is 1.03 bits per heavy atom. The van der Waals surface area contributed by atoms with Crippen LogP contribution in [-0.2, 0) is 6.54 Å². The van der Waals surface area contributed by atoms with Crippen LogP contribution in [0.4, 0.5) is 0 Å². The maximum atomic E-state index is 13.2. The second kappa shape index (κ2) is 8.19. The van der Waals surface area contributed by atoms with Crippen LogP contribution in [-0.4, -0.2) is 34.7 Å². The second-order valence-corrected chi connectivity index (χ2v) is 6.92. The van der Waals surface area contributed by atoms with Crippen LogP contribution in [0.1, 0.15) is 22.8 Å². The van der Waals surface area contributed by atoms with Gasteiger partial charge >= 0.3 is 0 Å². The molecule has 0 unspecified atom stereocenters. The molecule has 5 nitrogen and oxygen atoms in total. The lowest BCUT2D eigenvalue weighted by Gasteiger charge is -2.20. The van der Waals surface area contributed by atoms with E-state index >= 15 is 0 Å². The van der Waals surface area contributed by atoms with Crippen molar-refractivity contribution in [1.82, 2.24) is 15.1 Å². The highest BCUT2D eigenvalue weighted by molar-refractivity contribution is 5.97. The molecule has 0 atom stereocenters. The number of nitrogens with one attached hydrogen (secondary N) is 1. The molecule has 4 aromatic rings. The summed E-state index contributed by atoms with van der Waals surface area (Å²) in [4.78, 5) is 14.9. The number of ether oxygens (including phenoxy) is 1. The molecule has 1 heterocycles. The predicted octanol–water partition coefficient (Wildman–Crippen LogP) is 4.90. The van der Waals surface area contributed by atoms with Gasteiger partial charge in [0.05, 0.1) is 23.9 Å². The summed E-state index contributed by atoms with van der Waals surface area (Å²) in [6.45, 7) is 2.89. The number of H-pyrrole nitrogens is 1. The zero-order chi connectivity index (χ0) is 20.2. The van der Waals surface area contributed by atoms with Crippen LogP contribution in [0, 0.1) is 0 Å². The number of carbonyl (C=O) groups excluding carboxylic acids is 1. The summed E-state index contributed by atoms with van der Waals surface area (Å²) in [5.74, 6) is 0.523. The fourth-order valence-electron chi connectivity index (χ4n) is 3.48. The Bertz CT molecular complexity index is 1140. The number of amides is 1. The first-order chi connectivity index (χ1) is 14.2. The van der Waals surface area contributed by atoms with E-state index < -0.39 is 0 Å². The number of fused-ring (bicyclic) bond motifs is 1. The molecule has 4 rings (SSSR count). The molecule has 0 aliphatic heterocycles. The molecule has 0 radical (unpaired) electrons. The van der Waals surface area contributed by atoms with E-state index in [-0.39, 0.29) is 5.91 Å². The predicted molar refractivity (Wildman–Crippen MR) is 115 cm³/mol. The van der Waals surface area contributed by atoms with Gasteiger partial charge in [0.15, 0.2) is 0 Å². The summed E-state index contributed by atoms with van der Waals surface area (Å²) < 4.78 is 5.81. The molecule has 5 heteroatoms. The van der Waals surface area contributed by atoms with E-state index in [0.717, 1.165) is 27.6 Å². The first-order valence-electron chi connectivity index (χ1n) is 9.66. The second-order valence-electron chi connectivity index (χ2n) is 6.92. The highest BCUT2D eigenvalue weighted by Gasteiger charge is 2.19. The number of aromatic amines is 1. The van der Waals surface area contributed by atoms with Gasteiger partial charge in [0.1, 0.15) is 5.75 Å². The van der Waals surface area contributed by atoms with Gasteiger partial charge in [0.2, 0.25) is 0 Å². The molecule has 0 saturated carbocycles. The molecule has 3 aromatic carbocycles. The van der Waals surface area contributed by atoms with Crippen molar-refractivity contribution < 1.29 is 9.53 Å². The van der Waals surface area contributed by atoms with E-state index in [0.29, 0.717) is 24.5 Å². The largest absolute Gasteiger partial charge is 0.493 e. The van der Waals surface area contributed by atoms with E-state index in [9.17, 15) is 4.79 Å². The van der Waals surface area contributed by atoms with Gasteiger partial charge in [-0.15, -0.1) is 0 Å². The van der Waals surface area contributed by atoms with Crippen molar-refractivity contribution in [2.24, 2.45) is 0 Å². The Morgan fingerprint density at radius 3 is 2.66 bits per heavy atom. The molecule has 0 aliphatic rings. The SMILES string of the molecule is CCOc1cc(-c2ccccc2)ccc1C(=O)N(C)Cc1cccc2cn[nH]c12. The van der Waals surface area contributed by atoms with Crippen molar-refractivity contribution >= 4 is 16.8 Å². The van der Waals surface area contributed by atoms with Crippen LogP contribution in [0.15, 0.2) is 72.9 Å². The van der Waals surface area contributed by atoms with Gasteiger partial charge in [-0.2, -0.15) is 5.10 Å². The zero-order valence-electron chi connectivity index (χ0n) is 16.6. The van der Waals surface area contributed by atoms with E-state index in [1.165, 1.54) is 0 Å². The van der Waals surface area contributed by atoms with Gasteiger partial charge in [0.25, 0.3) is 5.91 Å². The fraction of sp³-hybridized carbons (Fsp3) is 0.167. The molecule has 0 fully saturated rings. The van der Waals surface area contributed by atoms with E-state index in [1.54, 1.807) is 18.1 Å². The number of rotatable bonds is 6. The lowest BCUT2D eigenvalue weighted by atomic mass is 10.0. The van der Waals surface area contributed by atoms with Crippen molar-refractivity contribution in [2.45, 2.75) is 13.5 Å². The van der Waals surface area contributed by atoms with Crippen molar-refractivity contribution in [3.63, 3.8) is 0 Å². The van der Waals surface area contributed by atoms with Crippen molar-refractivity contribution in [3.05, 3.63) is 84.1 Å². The monoisotopic (exact) mass is 385 g/mol. The maximum Gasteiger partial charge on any atom is 0.257 e. The number of aromatic nitrogens is 2. The third-order valence-electron chi connectivity index (χ3n) is 4.94. The molecule has 146 valence electrons. The average Bonchev–Trinajstić information content (AvgIpc) is 3.24. The van der Waals surface area contributed by atoms with Crippen LogP contribution in [0.2, 0.25) is 0 Å². The summed E-state index contributed by atoms with van der Waals surface area (Å²) in [5, 5.41) is 8.15. The number of carbonyl (C=O) groups is 1. The van der Waals surface area contributed by atoms with Gasteiger partial charge in [-0.25, -0.2) is 0 Å². The van der Waals surface area contributed by atoms with E-state index in [2.05, 4.69) is 10.2 Å². The van der Waals surface area contributed by atoms with Crippen LogP contribution >= 0.6 is 0 Å². The van der Waals surface area contributed by atoms with Gasteiger partial charge in [0, 0.05) is 19.0 Å². The Morgan fingerprint density at radius 2 is 1.86 bits per heavy atom. The van der Waals surface area contributed by atoms with Crippen LogP contribution in [0.25, 0.3) is 22.0 Å². The van der Waals surface area contributed by atoms with Crippen molar-refractivity contribution in [2.75, 3.05) is 13.7 Å². The average molecular weight is 385 g/mol. The number of para-hydroxylation sites is 1. The van der Waals surface area contributed by atoms with Crippen molar-refractivity contribution in [1.29, 1.82) is 0 Å². The van der Waals surface area contributed by atoms with Crippen LogP contribution < -0.4 is 4.74 Å². The smallest absolute Gasteiger partial charge is 0.257 e. The number of hydrogen-bond donors (Lipinski definition) is 1. The standard InChI is InChI=1S/C24H23N3O2/c1-3-29-22-14-18(17-8-5-4-6-9-17)12-13-21(22)24(28)27(2)16-20-11-7-10-19-15-25-26-23(19)20/h4-15H,3,16H2,1-2H3,(H,25,26). The summed E-state index contributed by atoms with van der Waals surface area (Å²) in [7, 11) is 1.80. The first-order valence-corrected chi connectivity index (χ1v) is 9.66. The number of nitrogens with zero attached hydrogens (tertiary/aromatic N) is 2. The minimum absolute atomic E-state index is 0.0791. The molecule has 0 bridgehead atoms. The number of benzene rings is 3. The molecular formula is C24H23N3O2. The Labute approximate surface area is 169 Å². The fourth-order valence-corrected chi connectivity index (χ4v) is 3.48. The molecule has 0 aliphatic carbocycles. The maximum absolute atomic E-state index is 13.2. The molecule has 0 saturated heterocycles. The van der Waals surface area contributed by atoms with Crippen LogP contribution in [0.5, 0.6) is 5.75 Å². The Hall–Kier alpha value is -3.60. The third kappa shape index (κ3) is 3.85. The van der Waals surface area contributed by atoms with E-state index in [4.69, 9.17) is 4.74 Å². The zero-order valence-corrected chi connectivity index (χ0v) is 16.6. The lowest BCUT2D eigenvalue weighted by Crippen LogP contribution is -2.27. The molecule has 1 N–H and O–H groups in total. The van der Waals surface area contributed by atoms with Crippen LogP contribution in [0.3, 0.4) is 0 Å². The highest BCUT2D eigenvalue weighted by atomic mass is 16.5. The Balaban J connectivity index is 1.62. The van der Waals surface area contributed by atoms with Crippen molar-refractivity contribution in [3.8, 4) is 16.9 Å². The number of hydrogen-bond acceptors (Lipinski definition) is 3. The van der Waals surface area contributed by atoms with E-state index in [1.807, 2.05) is 73.7 Å². The van der Waals surface area contributed by atoms with Gasteiger partial charge in [-0.1, -0.05) is 54.6 Å². The molecule has 1 aromatic heterocycles. The topological polar surface area (TPSA) is 58.2 Å². The molecule has 0 spiro atoms. The summed E-state index contributed by atoms with van der Waals surface area (Å²) in [6, 6.07) is 21.8. The quantitative estimate of drug-likeness (QED) is 0.513. The first kappa shape index (κ1) is 18.7. The highest BCUT2D eigenvalue weighted by Crippen LogP contribution is 2.29. The normalized spacial score (nSPS) is 10.8. The van der Waals surface area contributed by atoms with Gasteiger partial charge < -0.3 is 9.64 Å². The molecule has 1 amide bonds. The molecular weight excluding hydrogens is 362 g/mol. The molecule has 29 heavy (non-hydrogen) atoms. The Kier molecular flexibility index (Phi) is 5.29. The van der Waals surface area contributed by atoms with Gasteiger partial charge in [-0.3, -0.25) is 9.89 Å². The summed E-state index contributed by atoms with van der Waals surface area (Å²) in [5.41, 5.74) is 4.65. The van der Waals surface area contributed by atoms with Gasteiger partial charge in [-0.05, 0) is 35.7 Å². The third-order valence-corrected chi connectivity index (χ3v) is 4.94. The summed E-state index contributed by atoms with van der Waals surface area (Å²) >= 11 is 0.